The minimum Gasteiger partial charge on any atom is -0.496 e. The van der Waals surface area contributed by atoms with Gasteiger partial charge in [-0.1, -0.05) is 25.1 Å². The molecule has 1 atom stereocenters. The van der Waals surface area contributed by atoms with Crippen molar-refractivity contribution in [3.05, 3.63) is 51.7 Å². The zero-order valence-corrected chi connectivity index (χ0v) is 14.9. The zero-order valence-electron chi connectivity index (χ0n) is 14.0. The van der Waals surface area contributed by atoms with Crippen LogP contribution in [0, 0.1) is 0 Å². The molecule has 0 spiro atoms. The lowest BCUT2D eigenvalue weighted by Gasteiger charge is -2.31. The van der Waals surface area contributed by atoms with Crippen LogP contribution in [-0.4, -0.2) is 38.2 Å². The number of rotatable bonds is 5. The van der Waals surface area contributed by atoms with Gasteiger partial charge >= 0.3 is 0 Å². The van der Waals surface area contributed by atoms with Gasteiger partial charge in [-0.2, -0.15) is 0 Å². The van der Waals surface area contributed by atoms with Gasteiger partial charge in [-0.15, -0.1) is 11.3 Å². The Morgan fingerprint density at radius 1 is 1.17 bits per heavy atom. The second-order valence-corrected chi connectivity index (χ2v) is 7.14. The summed E-state index contributed by atoms with van der Waals surface area (Å²) in [5.41, 5.74) is 1.28. The molecule has 124 valence electrons. The molecule has 1 aromatic carbocycles. The van der Waals surface area contributed by atoms with Gasteiger partial charge in [0, 0.05) is 35.0 Å². The minimum atomic E-state index is 0.288. The molecule has 0 radical (unpaired) electrons. The SMILES string of the molecule is CCc1ccc(C(c2ccccc2OC)N2CCCNCC2)s1. The summed E-state index contributed by atoms with van der Waals surface area (Å²) in [6.07, 6.45) is 2.29. The van der Waals surface area contributed by atoms with Crippen molar-refractivity contribution in [3.8, 4) is 5.75 Å². The zero-order chi connectivity index (χ0) is 16.1. The molecule has 0 aliphatic carbocycles. The van der Waals surface area contributed by atoms with Gasteiger partial charge in [-0.05, 0) is 37.6 Å². The van der Waals surface area contributed by atoms with Crippen LogP contribution in [0.4, 0.5) is 0 Å². The van der Waals surface area contributed by atoms with E-state index in [0.717, 1.165) is 38.3 Å². The Bertz CT molecular complexity index is 617. The first-order valence-electron chi connectivity index (χ1n) is 8.49. The molecule has 1 N–H and O–H groups in total. The standard InChI is InChI=1S/C19H26N2OS/c1-3-15-9-10-18(23-15)19(21-13-6-11-20-12-14-21)16-7-4-5-8-17(16)22-2/h4-5,7-10,19-20H,3,6,11-14H2,1-2H3. The number of thiophene rings is 1. The van der Waals surface area contributed by atoms with Gasteiger partial charge in [0.15, 0.2) is 0 Å². The van der Waals surface area contributed by atoms with Crippen LogP contribution in [0.1, 0.15) is 34.7 Å². The van der Waals surface area contributed by atoms with E-state index in [1.165, 1.54) is 21.7 Å². The van der Waals surface area contributed by atoms with Crippen LogP contribution in [0.2, 0.25) is 0 Å². The maximum atomic E-state index is 5.67. The quantitative estimate of drug-likeness (QED) is 0.904. The fourth-order valence-corrected chi connectivity index (χ4v) is 4.39. The number of hydrogen-bond acceptors (Lipinski definition) is 4. The highest BCUT2D eigenvalue weighted by Crippen LogP contribution is 2.38. The summed E-state index contributed by atoms with van der Waals surface area (Å²) in [4.78, 5) is 5.48. The van der Waals surface area contributed by atoms with Gasteiger partial charge in [0.1, 0.15) is 5.75 Å². The van der Waals surface area contributed by atoms with Gasteiger partial charge in [-0.3, -0.25) is 4.90 Å². The van der Waals surface area contributed by atoms with Crippen molar-refractivity contribution in [3.63, 3.8) is 0 Å². The van der Waals surface area contributed by atoms with Gasteiger partial charge in [0.2, 0.25) is 0 Å². The van der Waals surface area contributed by atoms with Crippen molar-refractivity contribution >= 4 is 11.3 Å². The Morgan fingerprint density at radius 2 is 2.04 bits per heavy atom. The molecule has 3 rings (SSSR count). The number of hydrogen-bond donors (Lipinski definition) is 1. The summed E-state index contributed by atoms with van der Waals surface area (Å²) >= 11 is 1.94. The van der Waals surface area contributed by atoms with Crippen LogP contribution in [0.15, 0.2) is 36.4 Å². The third-order valence-corrected chi connectivity index (χ3v) is 5.76. The van der Waals surface area contributed by atoms with Crippen molar-refractivity contribution < 1.29 is 4.74 Å². The van der Waals surface area contributed by atoms with Gasteiger partial charge in [0.25, 0.3) is 0 Å². The third kappa shape index (κ3) is 3.77. The van der Waals surface area contributed by atoms with E-state index in [9.17, 15) is 0 Å². The number of aryl methyl sites for hydroxylation is 1. The Hall–Kier alpha value is -1.36. The number of benzene rings is 1. The van der Waals surface area contributed by atoms with Crippen LogP contribution in [0.25, 0.3) is 0 Å². The van der Waals surface area contributed by atoms with E-state index in [0.29, 0.717) is 0 Å². The molecule has 1 fully saturated rings. The van der Waals surface area contributed by atoms with E-state index in [1.807, 2.05) is 11.3 Å². The molecular weight excluding hydrogens is 304 g/mol. The van der Waals surface area contributed by atoms with Crippen LogP contribution >= 0.6 is 11.3 Å². The normalized spacial score (nSPS) is 17.7. The molecule has 1 unspecified atom stereocenters. The maximum Gasteiger partial charge on any atom is 0.124 e. The van der Waals surface area contributed by atoms with Crippen LogP contribution in [-0.2, 0) is 6.42 Å². The average Bonchev–Trinajstić information content (AvgIpc) is 2.90. The summed E-state index contributed by atoms with van der Waals surface area (Å²) in [5, 5.41) is 3.51. The highest BCUT2D eigenvalue weighted by Gasteiger charge is 2.26. The largest absolute Gasteiger partial charge is 0.496 e. The smallest absolute Gasteiger partial charge is 0.124 e. The van der Waals surface area contributed by atoms with Crippen LogP contribution in [0.3, 0.4) is 0 Å². The topological polar surface area (TPSA) is 24.5 Å². The highest BCUT2D eigenvalue weighted by atomic mass is 32.1. The second kappa shape index (κ2) is 7.95. The summed E-state index contributed by atoms with van der Waals surface area (Å²) in [6, 6.07) is 13.3. The molecule has 1 aromatic heterocycles. The molecule has 23 heavy (non-hydrogen) atoms. The fraction of sp³-hybridized carbons (Fsp3) is 0.474. The molecule has 1 aliphatic heterocycles. The number of para-hydroxylation sites is 1. The molecule has 4 heteroatoms. The lowest BCUT2D eigenvalue weighted by Crippen LogP contribution is -2.32. The molecule has 0 saturated carbocycles. The lowest BCUT2D eigenvalue weighted by atomic mass is 10.0. The van der Waals surface area contributed by atoms with Gasteiger partial charge in [0.05, 0.1) is 13.2 Å². The molecular formula is C19H26N2OS. The van der Waals surface area contributed by atoms with E-state index in [4.69, 9.17) is 4.74 Å². The van der Waals surface area contributed by atoms with Crippen molar-refractivity contribution in [1.29, 1.82) is 0 Å². The summed E-state index contributed by atoms with van der Waals surface area (Å²) in [5.74, 6) is 0.987. The second-order valence-electron chi connectivity index (χ2n) is 5.94. The van der Waals surface area contributed by atoms with Crippen molar-refractivity contribution in [2.75, 3.05) is 33.3 Å². The van der Waals surface area contributed by atoms with E-state index in [-0.39, 0.29) is 6.04 Å². The van der Waals surface area contributed by atoms with E-state index in [2.05, 4.69) is 53.5 Å². The van der Waals surface area contributed by atoms with Gasteiger partial charge in [-0.25, -0.2) is 0 Å². The first-order chi connectivity index (χ1) is 11.3. The summed E-state index contributed by atoms with van der Waals surface area (Å²) in [7, 11) is 1.77. The lowest BCUT2D eigenvalue weighted by molar-refractivity contribution is 0.239. The number of nitrogens with zero attached hydrogens (tertiary/aromatic N) is 1. The Kier molecular flexibility index (Phi) is 5.70. The maximum absolute atomic E-state index is 5.67. The predicted octanol–water partition coefficient (Wildman–Crippen LogP) is 3.70. The molecule has 0 amide bonds. The van der Waals surface area contributed by atoms with Crippen molar-refractivity contribution in [1.82, 2.24) is 10.2 Å². The Labute approximate surface area is 143 Å². The molecule has 0 bridgehead atoms. The Balaban J connectivity index is 2.01. The highest BCUT2D eigenvalue weighted by molar-refractivity contribution is 7.12. The molecule has 1 saturated heterocycles. The van der Waals surface area contributed by atoms with Crippen LogP contribution in [0.5, 0.6) is 5.75 Å². The monoisotopic (exact) mass is 330 g/mol. The number of nitrogens with one attached hydrogen (secondary N) is 1. The molecule has 2 aromatic rings. The summed E-state index contributed by atoms with van der Waals surface area (Å²) < 4.78 is 5.67. The average molecular weight is 330 g/mol. The predicted molar refractivity (Wildman–Crippen MR) is 97.6 cm³/mol. The Morgan fingerprint density at radius 3 is 2.83 bits per heavy atom. The van der Waals surface area contributed by atoms with Gasteiger partial charge < -0.3 is 10.1 Å². The number of ether oxygens (including phenoxy) is 1. The first-order valence-corrected chi connectivity index (χ1v) is 9.31. The van der Waals surface area contributed by atoms with E-state index >= 15 is 0 Å². The summed E-state index contributed by atoms with van der Waals surface area (Å²) in [6.45, 7) is 6.58. The molecule has 3 nitrogen and oxygen atoms in total. The molecule has 2 heterocycles. The molecule has 1 aliphatic rings. The van der Waals surface area contributed by atoms with Crippen molar-refractivity contribution in [2.24, 2.45) is 0 Å². The van der Waals surface area contributed by atoms with Crippen molar-refractivity contribution in [2.45, 2.75) is 25.8 Å². The number of methoxy groups -OCH3 is 1. The van der Waals surface area contributed by atoms with Crippen LogP contribution < -0.4 is 10.1 Å². The first kappa shape index (κ1) is 16.5. The fourth-order valence-electron chi connectivity index (χ4n) is 3.28. The van der Waals surface area contributed by atoms with E-state index in [1.54, 1.807) is 7.11 Å². The third-order valence-electron chi connectivity index (χ3n) is 4.47. The minimum absolute atomic E-state index is 0.288. The van der Waals surface area contributed by atoms with E-state index < -0.39 is 0 Å².